The summed E-state index contributed by atoms with van der Waals surface area (Å²) in [7, 11) is 3.31. The van der Waals surface area contributed by atoms with Crippen molar-refractivity contribution in [1.82, 2.24) is 4.90 Å². The van der Waals surface area contributed by atoms with Gasteiger partial charge in [-0.25, -0.2) is 0 Å². The van der Waals surface area contributed by atoms with Crippen molar-refractivity contribution in [2.24, 2.45) is 0 Å². The van der Waals surface area contributed by atoms with E-state index in [4.69, 9.17) is 14.2 Å². The number of aliphatic hydroxyl groups excluding tert-OH is 1. The molecule has 5 nitrogen and oxygen atoms in total. The number of methoxy groups -OCH3 is 2. The predicted octanol–water partition coefficient (Wildman–Crippen LogP) is 2.64. The molecule has 0 aromatic heterocycles. The van der Waals surface area contributed by atoms with Gasteiger partial charge in [0.05, 0.1) is 33.0 Å². The molecule has 1 aliphatic carbocycles. The van der Waals surface area contributed by atoms with Crippen molar-refractivity contribution in [1.29, 1.82) is 0 Å². The third kappa shape index (κ3) is 4.66. The third-order valence-electron chi connectivity index (χ3n) is 5.50. The zero-order valence-corrected chi connectivity index (χ0v) is 15.4. The van der Waals surface area contributed by atoms with Gasteiger partial charge < -0.3 is 19.3 Å². The maximum absolute atomic E-state index is 9.83. The average molecular weight is 349 g/mol. The second kappa shape index (κ2) is 8.88. The van der Waals surface area contributed by atoms with E-state index >= 15 is 0 Å². The summed E-state index contributed by atoms with van der Waals surface area (Å²) >= 11 is 0. The molecule has 25 heavy (non-hydrogen) atoms. The van der Waals surface area contributed by atoms with Crippen LogP contribution in [0.5, 0.6) is 11.5 Å². The molecule has 5 heteroatoms. The van der Waals surface area contributed by atoms with Gasteiger partial charge in [-0.2, -0.15) is 0 Å². The van der Waals surface area contributed by atoms with E-state index in [0.29, 0.717) is 18.8 Å². The van der Waals surface area contributed by atoms with Crippen molar-refractivity contribution in [2.75, 3.05) is 33.9 Å². The van der Waals surface area contributed by atoms with Crippen LogP contribution in [0.2, 0.25) is 0 Å². The summed E-state index contributed by atoms with van der Waals surface area (Å²) in [5, 5.41) is 9.83. The molecule has 2 fully saturated rings. The molecule has 3 atom stereocenters. The van der Waals surface area contributed by atoms with Crippen LogP contribution in [0, 0.1) is 0 Å². The molecule has 1 unspecified atom stereocenters. The minimum atomic E-state index is -0.158. The molecule has 0 amide bonds. The molecule has 1 aromatic rings. The van der Waals surface area contributed by atoms with E-state index in [1.165, 1.54) is 24.8 Å². The maximum Gasteiger partial charge on any atom is 0.160 e. The van der Waals surface area contributed by atoms with Gasteiger partial charge in [-0.05, 0) is 43.4 Å². The summed E-state index contributed by atoms with van der Waals surface area (Å²) in [5.41, 5.74) is 1.20. The van der Waals surface area contributed by atoms with Gasteiger partial charge in [-0.3, -0.25) is 4.90 Å². The first kappa shape index (κ1) is 18.5. The fourth-order valence-corrected chi connectivity index (χ4v) is 4.12. The number of aliphatic hydroxyl groups is 1. The van der Waals surface area contributed by atoms with Crippen LogP contribution < -0.4 is 9.47 Å². The van der Waals surface area contributed by atoms with Gasteiger partial charge in [0.2, 0.25) is 0 Å². The Bertz CT molecular complexity index is 550. The molecular weight excluding hydrogens is 318 g/mol. The minimum Gasteiger partial charge on any atom is -0.493 e. The van der Waals surface area contributed by atoms with Gasteiger partial charge >= 0.3 is 0 Å². The molecule has 3 rings (SSSR count). The Kier molecular flexibility index (Phi) is 6.57. The van der Waals surface area contributed by atoms with Crippen LogP contribution in [-0.4, -0.2) is 62.2 Å². The zero-order chi connectivity index (χ0) is 17.6. The quantitative estimate of drug-likeness (QED) is 0.820. The van der Waals surface area contributed by atoms with E-state index in [1.54, 1.807) is 14.2 Å². The second-order valence-electron chi connectivity index (χ2n) is 7.14. The molecule has 1 saturated carbocycles. The molecule has 0 spiro atoms. The lowest BCUT2D eigenvalue weighted by Crippen LogP contribution is -2.46. The van der Waals surface area contributed by atoms with Crippen LogP contribution in [0.1, 0.15) is 37.7 Å². The van der Waals surface area contributed by atoms with Gasteiger partial charge in [0.15, 0.2) is 11.5 Å². The van der Waals surface area contributed by atoms with Gasteiger partial charge in [0.25, 0.3) is 0 Å². The standard InChI is InChI=1S/C20H31NO4/c1-23-19-8-7-15(13-20(19)24-2)10-12-25-18-6-4-3-5-17(18)21-11-9-16(22)14-21/h7-8,13,16-18,22H,3-6,9-12,14H2,1-2H3/t16?,17-,18+/m0/s1. The topological polar surface area (TPSA) is 51.2 Å². The minimum absolute atomic E-state index is 0.158. The highest BCUT2D eigenvalue weighted by atomic mass is 16.5. The van der Waals surface area contributed by atoms with E-state index in [0.717, 1.165) is 43.9 Å². The fraction of sp³-hybridized carbons (Fsp3) is 0.700. The molecule has 1 heterocycles. The normalized spacial score (nSPS) is 27.4. The molecule has 1 N–H and O–H groups in total. The largest absolute Gasteiger partial charge is 0.493 e. The zero-order valence-electron chi connectivity index (χ0n) is 15.4. The summed E-state index contributed by atoms with van der Waals surface area (Å²) in [5.74, 6) is 1.52. The highest BCUT2D eigenvalue weighted by molar-refractivity contribution is 5.42. The van der Waals surface area contributed by atoms with E-state index in [2.05, 4.69) is 11.0 Å². The van der Waals surface area contributed by atoms with E-state index in [-0.39, 0.29) is 6.10 Å². The SMILES string of the molecule is COc1ccc(CCO[C@@H]2CCCC[C@@H]2N2CCC(O)C2)cc1OC. The molecular formula is C20H31NO4. The molecule has 2 aliphatic rings. The van der Waals surface area contributed by atoms with Gasteiger partial charge in [0, 0.05) is 19.1 Å². The molecule has 140 valence electrons. The Hall–Kier alpha value is -1.30. The Labute approximate surface area is 150 Å². The molecule has 1 aliphatic heterocycles. The molecule has 0 bridgehead atoms. The van der Waals surface area contributed by atoms with Gasteiger partial charge in [-0.15, -0.1) is 0 Å². The smallest absolute Gasteiger partial charge is 0.160 e. The summed E-state index contributed by atoms with van der Waals surface area (Å²) < 4.78 is 16.9. The first-order valence-corrected chi connectivity index (χ1v) is 9.46. The van der Waals surface area contributed by atoms with Crippen LogP contribution in [0.15, 0.2) is 18.2 Å². The van der Waals surface area contributed by atoms with Gasteiger partial charge in [0.1, 0.15) is 0 Å². The van der Waals surface area contributed by atoms with Crippen molar-refractivity contribution >= 4 is 0 Å². The number of nitrogens with zero attached hydrogens (tertiary/aromatic N) is 1. The van der Waals surface area contributed by atoms with E-state index in [9.17, 15) is 5.11 Å². The lowest BCUT2D eigenvalue weighted by molar-refractivity contribution is -0.0316. The lowest BCUT2D eigenvalue weighted by Gasteiger charge is -2.37. The summed E-state index contributed by atoms with van der Waals surface area (Å²) in [6.07, 6.45) is 6.73. The predicted molar refractivity (Wildman–Crippen MR) is 97.4 cm³/mol. The van der Waals surface area contributed by atoms with Crippen LogP contribution in [0.4, 0.5) is 0 Å². The number of rotatable bonds is 7. The summed E-state index contributed by atoms with van der Waals surface area (Å²) in [6.45, 7) is 2.52. The molecule has 1 aromatic carbocycles. The van der Waals surface area contributed by atoms with Crippen LogP contribution in [0.25, 0.3) is 0 Å². The molecule has 1 saturated heterocycles. The highest BCUT2D eigenvalue weighted by Crippen LogP contribution is 2.30. The monoisotopic (exact) mass is 349 g/mol. The first-order chi connectivity index (χ1) is 12.2. The van der Waals surface area contributed by atoms with Crippen LogP contribution >= 0.6 is 0 Å². The van der Waals surface area contributed by atoms with Crippen molar-refractivity contribution in [3.8, 4) is 11.5 Å². The number of likely N-dealkylation sites (tertiary alicyclic amines) is 1. The van der Waals surface area contributed by atoms with Crippen molar-refractivity contribution in [3.05, 3.63) is 23.8 Å². The fourth-order valence-electron chi connectivity index (χ4n) is 4.12. The van der Waals surface area contributed by atoms with E-state index < -0.39 is 0 Å². The van der Waals surface area contributed by atoms with Crippen molar-refractivity contribution in [2.45, 2.75) is 56.8 Å². The van der Waals surface area contributed by atoms with E-state index in [1.807, 2.05) is 12.1 Å². The number of benzene rings is 1. The van der Waals surface area contributed by atoms with Crippen molar-refractivity contribution < 1.29 is 19.3 Å². The Morgan fingerprint density at radius 1 is 1.08 bits per heavy atom. The first-order valence-electron chi connectivity index (χ1n) is 9.46. The third-order valence-corrected chi connectivity index (χ3v) is 5.50. The lowest BCUT2D eigenvalue weighted by atomic mass is 9.91. The Balaban J connectivity index is 1.53. The molecule has 0 radical (unpaired) electrons. The number of hydrogen-bond acceptors (Lipinski definition) is 5. The number of β-amino-alcohol motifs (C(OH)–C–C–N with tert-alkyl or cyclic N) is 1. The number of ether oxygens (including phenoxy) is 3. The Morgan fingerprint density at radius 3 is 2.60 bits per heavy atom. The Morgan fingerprint density at radius 2 is 1.88 bits per heavy atom. The van der Waals surface area contributed by atoms with Crippen LogP contribution in [-0.2, 0) is 11.2 Å². The second-order valence-corrected chi connectivity index (χ2v) is 7.14. The number of hydrogen-bond donors (Lipinski definition) is 1. The van der Waals surface area contributed by atoms with Crippen molar-refractivity contribution in [3.63, 3.8) is 0 Å². The summed E-state index contributed by atoms with van der Waals surface area (Å²) in [6, 6.07) is 6.51. The average Bonchev–Trinajstić information content (AvgIpc) is 3.08. The summed E-state index contributed by atoms with van der Waals surface area (Å²) in [4.78, 5) is 2.44. The van der Waals surface area contributed by atoms with Crippen LogP contribution in [0.3, 0.4) is 0 Å². The maximum atomic E-state index is 9.83. The van der Waals surface area contributed by atoms with Gasteiger partial charge in [-0.1, -0.05) is 18.9 Å². The highest BCUT2D eigenvalue weighted by Gasteiger charge is 2.34.